The van der Waals surface area contributed by atoms with Crippen LogP contribution in [0.4, 0.5) is 13.9 Å². The molecule has 0 atom stereocenters. The third-order valence-electron chi connectivity index (χ3n) is 2.35. The van der Waals surface area contributed by atoms with E-state index in [-0.39, 0.29) is 4.47 Å². The van der Waals surface area contributed by atoms with E-state index >= 15 is 0 Å². The Morgan fingerprint density at radius 1 is 1.35 bits per heavy atom. The van der Waals surface area contributed by atoms with Crippen LogP contribution < -0.4 is 5.73 Å². The Balaban J connectivity index is 2.36. The number of aryl methyl sites for hydroxylation is 1. The molecule has 0 saturated heterocycles. The second-order valence-corrected chi connectivity index (χ2v) is 5.56. The van der Waals surface area contributed by atoms with Gasteiger partial charge in [-0.2, -0.15) is 0 Å². The number of nitrogens with two attached hydrogens (primary N) is 1. The third-order valence-corrected chi connectivity index (χ3v) is 3.94. The molecule has 0 saturated carbocycles. The van der Waals surface area contributed by atoms with Gasteiger partial charge >= 0.3 is 0 Å². The first-order chi connectivity index (χ1) is 7.97. The van der Waals surface area contributed by atoms with Gasteiger partial charge in [0.2, 0.25) is 0 Å². The van der Waals surface area contributed by atoms with Gasteiger partial charge in [-0.3, -0.25) is 0 Å². The van der Waals surface area contributed by atoms with Crippen LogP contribution in [-0.4, -0.2) is 4.98 Å². The Labute approximate surface area is 110 Å². The van der Waals surface area contributed by atoms with E-state index in [9.17, 15) is 8.78 Å². The number of hydrogen-bond donors (Lipinski definition) is 1. The van der Waals surface area contributed by atoms with E-state index in [1.807, 2.05) is 6.92 Å². The van der Waals surface area contributed by atoms with Crippen molar-refractivity contribution >= 4 is 32.4 Å². The minimum Gasteiger partial charge on any atom is -0.375 e. The Kier molecular flexibility index (Phi) is 3.44. The lowest BCUT2D eigenvalue weighted by Crippen LogP contribution is -1.94. The molecule has 0 radical (unpaired) electrons. The zero-order valence-corrected chi connectivity index (χ0v) is 11.3. The molecule has 2 rings (SSSR count). The summed E-state index contributed by atoms with van der Waals surface area (Å²) in [6.45, 7) is 1.82. The second-order valence-electron chi connectivity index (χ2n) is 3.60. The standard InChI is InChI=1S/C11H9BrF2N2S/c1-5-10(17-11(15)16-5)3-6-2-7(12)9(14)4-8(6)13/h2,4H,3H2,1H3,(H2,15,16). The highest BCUT2D eigenvalue weighted by Crippen LogP contribution is 2.26. The average Bonchev–Trinajstić information content (AvgIpc) is 2.54. The van der Waals surface area contributed by atoms with Crippen molar-refractivity contribution in [1.82, 2.24) is 4.98 Å². The van der Waals surface area contributed by atoms with Gasteiger partial charge in [-0.15, -0.1) is 11.3 Å². The SMILES string of the molecule is Cc1nc(N)sc1Cc1cc(Br)c(F)cc1F. The van der Waals surface area contributed by atoms with E-state index in [0.29, 0.717) is 17.1 Å². The van der Waals surface area contributed by atoms with Crippen LogP contribution in [-0.2, 0) is 6.42 Å². The quantitative estimate of drug-likeness (QED) is 0.858. The highest BCUT2D eigenvalue weighted by Gasteiger charge is 2.12. The fraction of sp³-hybridized carbons (Fsp3) is 0.182. The van der Waals surface area contributed by atoms with E-state index < -0.39 is 11.6 Å². The molecular weight excluding hydrogens is 310 g/mol. The number of anilines is 1. The molecule has 0 fully saturated rings. The van der Waals surface area contributed by atoms with Gasteiger partial charge in [0.25, 0.3) is 0 Å². The first-order valence-electron chi connectivity index (χ1n) is 4.82. The minimum atomic E-state index is -0.605. The molecule has 2 N–H and O–H groups in total. The average molecular weight is 319 g/mol. The van der Waals surface area contributed by atoms with Crippen molar-refractivity contribution in [3.63, 3.8) is 0 Å². The number of halogens is 3. The highest BCUT2D eigenvalue weighted by molar-refractivity contribution is 9.10. The molecule has 90 valence electrons. The molecule has 2 aromatic rings. The number of rotatable bonds is 2. The molecule has 0 aliphatic carbocycles. The largest absolute Gasteiger partial charge is 0.375 e. The number of aromatic nitrogens is 1. The first-order valence-corrected chi connectivity index (χ1v) is 6.43. The summed E-state index contributed by atoms with van der Waals surface area (Å²) in [6, 6.07) is 2.32. The van der Waals surface area contributed by atoms with Gasteiger partial charge in [-0.25, -0.2) is 13.8 Å². The number of nitrogen functional groups attached to an aromatic ring is 1. The molecular formula is C11H9BrF2N2S. The van der Waals surface area contributed by atoms with Gasteiger partial charge in [0.15, 0.2) is 5.13 Å². The van der Waals surface area contributed by atoms with Crippen molar-refractivity contribution in [3.8, 4) is 0 Å². The lowest BCUT2D eigenvalue weighted by molar-refractivity contribution is 0.570. The highest BCUT2D eigenvalue weighted by atomic mass is 79.9. The summed E-state index contributed by atoms with van der Waals surface area (Å²) in [6.07, 6.45) is 0.366. The summed E-state index contributed by atoms with van der Waals surface area (Å²) in [5, 5.41) is 0.457. The van der Waals surface area contributed by atoms with Crippen LogP contribution in [0, 0.1) is 18.6 Å². The van der Waals surface area contributed by atoms with Crippen LogP contribution in [0.2, 0.25) is 0 Å². The van der Waals surface area contributed by atoms with Crippen molar-refractivity contribution in [1.29, 1.82) is 0 Å². The zero-order chi connectivity index (χ0) is 12.6. The lowest BCUT2D eigenvalue weighted by Gasteiger charge is -2.04. The van der Waals surface area contributed by atoms with E-state index in [1.165, 1.54) is 17.4 Å². The molecule has 17 heavy (non-hydrogen) atoms. The number of nitrogens with zero attached hydrogens (tertiary/aromatic N) is 1. The molecule has 2 nitrogen and oxygen atoms in total. The lowest BCUT2D eigenvalue weighted by atomic mass is 10.1. The van der Waals surface area contributed by atoms with Gasteiger partial charge in [0.1, 0.15) is 11.6 Å². The molecule has 0 amide bonds. The van der Waals surface area contributed by atoms with Crippen LogP contribution in [0.3, 0.4) is 0 Å². The summed E-state index contributed by atoms with van der Waals surface area (Å²) in [7, 11) is 0. The fourth-order valence-corrected chi connectivity index (χ4v) is 2.73. The molecule has 0 spiro atoms. The maximum Gasteiger partial charge on any atom is 0.180 e. The summed E-state index contributed by atoms with van der Waals surface area (Å²) < 4.78 is 26.9. The number of hydrogen-bond acceptors (Lipinski definition) is 3. The van der Waals surface area contributed by atoms with Crippen molar-refractivity contribution in [2.24, 2.45) is 0 Å². The summed E-state index contributed by atoms with van der Waals surface area (Å²) >= 11 is 4.36. The van der Waals surface area contributed by atoms with Crippen molar-refractivity contribution in [2.75, 3.05) is 5.73 Å². The minimum absolute atomic E-state index is 0.254. The topological polar surface area (TPSA) is 38.9 Å². The van der Waals surface area contributed by atoms with Gasteiger partial charge in [-0.05, 0) is 34.5 Å². The Hall–Kier alpha value is -1.01. The molecule has 6 heteroatoms. The molecule has 0 aliphatic heterocycles. The van der Waals surface area contributed by atoms with Crippen molar-refractivity contribution in [2.45, 2.75) is 13.3 Å². The van der Waals surface area contributed by atoms with E-state index in [1.54, 1.807) is 0 Å². The number of thiazole rings is 1. The van der Waals surface area contributed by atoms with E-state index in [4.69, 9.17) is 5.73 Å². The van der Waals surface area contributed by atoms with Crippen molar-refractivity contribution in [3.05, 3.63) is 44.4 Å². The van der Waals surface area contributed by atoms with Crippen LogP contribution >= 0.6 is 27.3 Å². The smallest absolute Gasteiger partial charge is 0.180 e. The van der Waals surface area contributed by atoms with Crippen molar-refractivity contribution < 1.29 is 8.78 Å². The van der Waals surface area contributed by atoms with Crippen LogP contribution in [0.1, 0.15) is 16.1 Å². The third kappa shape index (κ3) is 2.63. The van der Waals surface area contributed by atoms with Gasteiger partial charge < -0.3 is 5.73 Å². The monoisotopic (exact) mass is 318 g/mol. The maximum absolute atomic E-state index is 13.5. The predicted octanol–water partition coefficient (Wildman–Crippen LogP) is 3.67. The van der Waals surface area contributed by atoms with Gasteiger partial charge in [-0.1, -0.05) is 0 Å². The van der Waals surface area contributed by atoms with Crippen LogP contribution in [0.25, 0.3) is 0 Å². The summed E-state index contributed by atoms with van der Waals surface area (Å²) in [5.74, 6) is -1.16. The van der Waals surface area contributed by atoms with E-state index in [0.717, 1.165) is 16.6 Å². The Morgan fingerprint density at radius 2 is 2.06 bits per heavy atom. The fourth-order valence-electron chi connectivity index (χ4n) is 1.49. The molecule has 1 aromatic carbocycles. The van der Waals surface area contributed by atoms with E-state index in [2.05, 4.69) is 20.9 Å². The first kappa shape index (κ1) is 12.4. The Bertz CT molecular complexity index is 569. The predicted molar refractivity (Wildman–Crippen MR) is 68.1 cm³/mol. The molecule has 0 aliphatic rings. The van der Waals surface area contributed by atoms with Gasteiger partial charge in [0, 0.05) is 17.4 Å². The zero-order valence-electron chi connectivity index (χ0n) is 8.93. The molecule has 1 heterocycles. The summed E-state index contributed by atoms with van der Waals surface area (Å²) in [4.78, 5) is 4.95. The Morgan fingerprint density at radius 3 is 2.65 bits per heavy atom. The maximum atomic E-state index is 13.5. The second kappa shape index (κ2) is 4.70. The molecule has 1 aromatic heterocycles. The number of benzene rings is 1. The van der Waals surface area contributed by atoms with Crippen LogP contribution in [0.5, 0.6) is 0 Å². The van der Waals surface area contributed by atoms with Gasteiger partial charge in [0.05, 0.1) is 10.2 Å². The molecule has 0 bridgehead atoms. The summed E-state index contributed by atoms with van der Waals surface area (Å²) in [5.41, 5.74) is 6.78. The van der Waals surface area contributed by atoms with Crippen LogP contribution in [0.15, 0.2) is 16.6 Å². The molecule has 0 unspecified atom stereocenters. The normalized spacial score (nSPS) is 10.8.